The van der Waals surface area contributed by atoms with Gasteiger partial charge in [0.2, 0.25) is 0 Å². The lowest BCUT2D eigenvalue weighted by Crippen LogP contribution is -2.37. The van der Waals surface area contributed by atoms with Crippen LogP contribution in [0.15, 0.2) is 17.8 Å². The molecule has 0 radical (unpaired) electrons. The van der Waals surface area contributed by atoms with E-state index in [2.05, 4.69) is 61.9 Å². The van der Waals surface area contributed by atoms with E-state index in [-0.39, 0.29) is 5.54 Å². The second-order valence-corrected chi connectivity index (χ2v) is 5.74. The van der Waals surface area contributed by atoms with E-state index in [0.717, 1.165) is 25.9 Å². The van der Waals surface area contributed by atoms with Gasteiger partial charge in [-0.05, 0) is 45.8 Å². The third kappa shape index (κ3) is 5.05. The Morgan fingerprint density at radius 2 is 2.11 bits per heavy atom. The summed E-state index contributed by atoms with van der Waals surface area (Å²) in [6.07, 6.45) is 6.33. The minimum absolute atomic E-state index is 0.165. The third-order valence-electron chi connectivity index (χ3n) is 2.84. The summed E-state index contributed by atoms with van der Waals surface area (Å²) in [7, 11) is 0. The van der Waals surface area contributed by atoms with Gasteiger partial charge < -0.3 is 5.32 Å². The molecule has 0 aliphatic heterocycles. The van der Waals surface area contributed by atoms with Crippen molar-refractivity contribution in [1.29, 1.82) is 0 Å². The van der Waals surface area contributed by atoms with Gasteiger partial charge in [0, 0.05) is 24.8 Å². The van der Waals surface area contributed by atoms with Crippen LogP contribution in [0.2, 0.25) is 0 Å². The zero-order chi connectivity index (χ0) is 13.6. The lowest BCUT2D eigenvalue weighted by Gasteiger charge is -2.21. The van der Waals surface area contributed by atoms with Gasteiger partial charge in [-0.15, -0.1) is 0 Å². The van der Waals surface area contributed by atoms with Gasteiger partial charge >= 0.3 is 0 Å². The fourth-order valence-electron chi connectivity index (χ4n) is 1.73. The Balaban J connectivity index is 2.74. The van der Waals surface area contributed by atoms with Crippen LogP contribution in [0.5, 0.6) is 0 Å². The largest absolute Gasteiger partial charge is 0.308 e. The number of hydrogen-bond acceptors (Lipinski definition) is 2. The molecule has 0 amide bonds. The standard InChI is InChI=1S/C15H27N3/c1-6-10-18-14(8-9-17-18)11-13(7-2)12-16-15(3,4)5/h8-9,11,16H,6-7,10,12H2,1-5H3/b13-11-. The van der Waals surface area contributed by atoms with Crippen molar-refractivity contribution in [2.24, 2.45) is 0 Å². The lowest BCUT2D eigenvalue weighted by molar-refractivity contribution is 0.443. The van der Waals surface area contributed by atoms with Crippen molar-refractivity contribution in [2.75, 3.05) is 6.54 Å². The number of aromatic nitrogens is 2. The molecular formula is C15H27N3. The van der Waals surface area contributed by atoms with Gasteiger partial charge in [-0.25, -0.2) is 0 Å². The molecule has 0 fully saturated rings. The Hall–Kier alpha value is -1.09. The quantitative estimate of drug-likeness (QED) is 0.836. The fraction of sp³-hybridized carbons (Fsp3) is 0.667. The van der Waals surface area contributed by atoms with Crippen LogP contribution in [0.25, 0.3) is 6.08 Å². The minimum Gasteiger partial charge on any atom is -0.308 e. The Morgan fingerprint density at radius 3 is 2.67 bits per heavy atom. The normalized spacial score (nSPS) is 13.1. The molecular weight excluding hydrogens is 222 g/mol. The maximum atomic E-state index is 4.35. The smallest absolute Gasteiger partial charge is 0.0609 e. The summed E-state index contributed by atoms with van der Waals surface area (Å²) in [5.74, 6) is 0. The predicted octanol–water partition coefficient (Wildman–Crippen LogP) is 3.47. The van der Waals surface area contributed by atoms with E-state index in [1.807, 2.05) is 6.20 Å². The van der Waals surface area contributed by atoms with Crippen molar-refractivity contribution in [3.63, 3.8) is 0 Å². The zero-order valence-electron chi connectivity index (χ0n) is 12.5. The number of aryl methyl sites for hydroxylation is 1. The molecule has 102 valence electrons. The number of rotatable bonds is 6. The molecule has 0 aromatic carbocycles. The van der Waals surface area contributed by atoms with Crippen LogP contribution in [0.4, 0.5) is 0 Å². The van der Waals surface area contributed by atoms with Crippen molar-refractivity contribution in [1.82, 2.24) is 15.1 Å². The van der Waals surface area contributed by atoms with Crippen LogP contribution in [0, 0.1) is 0 Å². The molecule has 18 heavy (non-hydrogen) atoms. The third-order valence-corrected chi connectivity index (χ3v) is 2.84. The number of hydrogen-bond donors (Lipinski definition) is 1. The molecule has 0 bridgehead atoms. The van der Waals surface area contributed by atoms with Gasteiger partial charge in [0.05, 0.1) is 5.69 Å². The second kappa shape index (κ2) is 6.74. The molecule has 1 heterocycles. The first-order valence-electron chi connectivity index (χ1n) is 6.92. The van der Waals surface area contributed by atoms with Crippen molar-refractivity contribution in [3.8, 4) is 0 Å². The lowest BCUT2D eigenvalue weighted by atomic mass is 10.1. The van der Waals surface area contributed by atoms with Gasteiger partial charge in [0.25, 0.3) is 0 Å². The molecule has 1 rings (SSSR count). The Labute approximate surface area is 111 Å². The van der Waals surface area contributed by atoms with Crippen LogP contribution in [-0.4, -0.2) is 21.9 Å². The van der Waals surface area contributed by atoms with Gasteiger partial charge in [-0.1, -0.05) is 19.4 Å². The van der Waals surface area contributed by atoms with Crippen molar-refractivity contribution < 1.29 is 0 Å². The van der Waals surface area contributed by atoms with Crippen LogP contribution in [0.1, 0.15) is 53.2 Å². The Bertz CT molecular complexity index is 383. The van der Waals surface area contributed by atoms with E-state index < -0.39 is 0 Å². The monoisotopic (exact) mass is 249 g/mol. The van der Waals surface area contributed by atoms with Gasteiger partial charge in [-0.3, -0.25) is 4.68 Å². The topological polar surface area (TPSA) is 29.9 Å². The molecule has 1 aromatic heterocycles. The van der Waals surface area contributed by atoms with E-state index in [1.165, 1.54) is 11.3 Å². The van der Waals surface area contributed by atoms with E-state index in [4.69, 9.17) is 0 Å². The first-order chi connectivity index (χ1) is 8.46. The van der Waals surface area contributed by atoms with Crippen molar-refractivity contribution >= 4 is 6.08 Å². The summed E-state index contributed by atoms with van der Waals surface area (Å²) >= 11 is 0. The summed E-state index contributed by atoms with van der Waals surface area (Å²) in [6.45, 7) is 12.9. The van der Waals surface area contributed by atoms with E-state index in [9.17, 15) is 0 Å². The first-order valence-corrected chi connectivity index (χ1v) is 6.92. The molecule has 0 atom stereocenters. The SMILES string of the molecule is CCCn1nccc1/C=C(/CC)CNC(C)(C)C. The van der Waals surface area contributed by atoms with Crippen LogP contribution >= 0.6 is 0 Å². The highest BCUT2D eigenvalue weighted by Crippen LogP contribution is 2.11. The van der Waals surface area contributed by atoms with Crippen molar-refractivity contribution in [3.05, 3.63) is 23.5 Å². The molecule has 0 aliphatic carbocycles. The average Bonchev–Trinajstić information content (AvgIpc) is 2.71. The van der Waals surface area contributed by atoms with Gasteiger partial charge in [-0.2, -0.15) is 5.10 Å². The average molecular weight is 249 g/mol. The Kier molecular flexibility index (Phi) is 5.60. The molecule has 1 N–H and O–H groups in total. The molecule has 0 spiro atoms. The second-order valence-electron chi connectivity index (χ2n) is 5.74. The number of nitrogens with zero attached hydrogens (tertiary/aromatic N) is 2. The molecule has 3 heteroatoms. The summed E-state index contributed by atoms with van der Waals surface area (Å²) in [6, 6.07) is 2.09. The highest BCUT2D eigenvalue weighted by molar-refractivity contribution is 5.49. The maximum Gasteiger partial charge on any atom is 0.0609 e. The van der Waals surface area contributed by atoms with Gasteiger partial charge in [0.1, 0.15) is 0 Å². The highest BCUT2D eigenvalue weighted by atomic mass is 15.3. The molecule has 1 aromatic rings. The van der Waals surface area contributed by atoms with Crippen molar-refractivity contribution in [2.45, 2.75) is 59.5 Å². The molecule has 0 unspecified atom stereocenters. The van der Waals surface area contributed by atoms with E-state index in [0.29, 0.717) is 0 Å². The maximum absolute atomic E-state index is 4.35. The zero-order valence-corrected chi connectivity index (χ0v) is 12.5. The van der Waals surface area contributed by atoms with E-state index in [1.54, 1.807) is 0 Å². The summed E-state index contributed by atoms with van der Waals surface area (Å²) in [4.78, 5) is 0. The van der Waals surface area contributed by atoms with Crippen LogP contribution in [0.3, 0.4) is 0 Å². The molecule has 0 saturated heterocycles. The molecule has 3 nitrogen and oxygen atoms in total. The molecule has 0 saturated carbocycles. The minimum atomic E-state index is 0.165. The van der Waals surface area contributed by atoms with Crippen LogP contribution < -0.4 is 5.32 Å². The summed E-state index contributed by atoms with van der Waals surface area (Å²) in [5.41, 5.74) is 2.80. The van der Waals surface area contributed by atoms with E-state index >= 15 is 0 Å². The van der Waals surface area contributed by atoms with Crippen LogP contribution in [-0.2, 0) is 6.54 Å². The predicted molar refractivity (Wildman–Crippen MR) is 78.5 cm³/mol. The fourth-order valence-corrected chi connectivity index (χ4v) is 1.73. The highest BCUT2D eigenvalue weighted by Gasteiger charge is 2.09. The number of nitrogens with one attached hydrogen (secondary N) is 1. The Morgan fingerprint density at radius 1 is 1.39 bits per heavy atom. The summed E-state index contributed by atoms with van der Waals surface area (Å²) < 4.78 is 2.08. The first kappa shape index (κ1) is 15.0. The summed E-state index contributed by atoms with van der Waals surface area (Å²) in [5, 5.41) is 7.89. The molecule has 0 aliphatic rings. The van der Waals surface area contributed by atoms with Gasteiger partial charge in [0.15, 0.2) is 0 Å².